The van der Waals surface area contributed by atoms with Crippen molar-refractivity contribution in [2.75, 3.05) is 0 Å². The highest BCUT2D eigenvalue weighted by atomic mass is 35.7. The Labute approximate surface area is 99.2 Å². The van der Waals surface area contributed by atoms with E-state index in [-0.39, 0.29) is 5.16 Å². The zero-order valence-electron chi connectivity index (χ0n) is 9.22. The quantitative estimate of drug-likeness (QED) is 0.761. The third-order valence-electron chi connectivity index (χ3n) is 3.28. The smallest absolute Gasteiger partial charge is 0.296 e. The first-order chi connectivity index (χ1) is 7.41. The van der Waals surface area contributed by atoms with E-state index in [1.54, 1.807) is 7.05 Å². The Morgan fingerprint density at radius 2 is 2.06 bits per heavy atom. The van der Waals surface area contributed by atoms with Crippen molar-refractivity contribution >= 4 is 19.7 Å². The maximum atomic E-state index is 11.2. The van der Waals surface area contributed by atoms with E-state index in [0.717, 1.165) is 25.1 Å². The molecule has 1 aliphatic rings. The molecular formula is C9H14ClN3O2S. The molecule has 90 valence electrons. The van der Waals surface area contributed by atoms with Gasteiger partial charge in [0, 0.05) is 23.6 Å². The van der Waals surface area contributed by atoms with Gasteiger partial charge < -0.3 is 4.57 Å². The van der Waals surface area contributed by atoms with Crippen molar-refractivity contribution in [2.24, 2.45) is 13.0 Å². The minimum Gasteiger partial charge on any atom is -0.304 e. The number of nitrogens with zero attached hydrogens (tertiary/aromatic N) is 3. The first-order valence-electron chi connectivity index (χ1n) is 5.25. The van der Waals surface area contributed by atoms with Crippen LogP contribution < -0.4 is 0 Å². The number of rotatable bonds is 2. The van der Waals surface area contributed by atoms with Crippen LogP contribution in [-0.4, -0.2) is 23.2 Å². The second-order valence-corrected chi connectivity index (χ2v) is 6.81. The van der Waals surface area contributed by atoms with Crippen LogP contribution in [0.3, 0.4) is 0 Å². The SMILES string of the molecule is CC1CCCC1c1nnc(S(=O)(=O)Cl)n1C. The molecule has 0 aliphatic heterocycles. The van der Waals surface area contributed by atoms with Crippen molar-refractivity contribution < 1.29 is 8.42 Å². The fourth-order valence-electron chi connectivity index (χ4n) is 2.39. The van der Waals surface area contributed by atoms with Crippen molar-refractivity contribution in [3.63, 3.8) is 0 Å². The molecule has 0 saturated heterocycles. The molecule has 1 heterocycles. The first kappa shape index (κ1) is 11.9. The molecule has 1 aliphatic carbocycles. The number of hydrogen-bond donors (Lipinski definition) is 0. The summed E-state index contributed by atoms with van der Waals surface area (Å²) in [5, 5.41) is 7.46. The Kier molecular flexibility index (Phi) is 2.96. The lowest BCUT2D eigenvalue weighted by atomic mass is 9.97. The Morgan fingerprint density at radius 1 is 1.38 bits per heavy atom. The van der Waals surface area contributed by atoms with Gasteiger partial charge in [0.2, 0.25) is 0 Å². The highest BCUT2D eigenvalue weighted by Gasteiger charge is 2.31. The minimum absolute atomic E-state index is 0.164. The second kappa shape index (κ2) is 4.00. The summed E-state index contributed by atoms with van der Waals surface area (Å²) < 4.78 is 23.9. The summed E-state index contributed by atoms with van der Waals surface area (Å²) >= 11 is 0. The fourth-order valence-corrected chi connectivity index (χ4v) is 3.35. The average Bonchev–Trinajstić information content (AvgIpc) is 2.70. The van der Waals surface area contributed by atoms with Crippen molar-refractivity contribution in [1.29, 1.82) is 0 Å². The van der Waals surface area contributed by atoms with Crippen LogP contribution in [0.5, 0.6) is 0 Å². The van der Waals surface area contributed by atoms with Gasteiger partial charge in [-0.05, 0) is 18.8 Å². The summed E-state index contributed by atoms with van der Waals surface area (Å²) in [5.41, 5.74) is 0. The Bertz CT molecular complexity index is 497. The van der Waals surface area contributed by atoms with E-state index >= 15 is 0 Å². The summed E-state index contributed by atoms with van der Waals surface area (Å²) in [6, 6.07) is 0. The zero-order chi connectivity index (χ0) is 11.9. The van der Waals surface area contributed by atoms with Gasteiger partial charge in [-0.3, -0.25) is 0 Å². The standard InChI is InChI=1S/C9H14ClN3O2S/c1-6-4-3-5-7(6)8-11-12-9(13(8)2)16(10,14)15/h6-7H,3-5H2,1-2H3. The molecule has 0 bridgehead atoms. The average molecular weight is 264 g/mol. The molecule has 2 atom stereocenters. The van der Waals surface area contributed by atoms with Crippen LogP contribution in [0.2, 0.25) is 0 Å². The van der Waals surface area contributed by atoms with Gasteiger partial charge in [-0.2, -0.15) is 0 Å². The lowest BCUT2D eigenvalue weighted by Gasteiger charge is -2.13. The highest BCUT2D eigenvalue weighted by Crippen LogP contribution is 2.38. The lowest BCUT2D eigenvalue weighted by Crippen LogP contribution is -2.11. The maximum absolute atomic E-state index is 11.2. The molecule has 1 saturated carbocycles. The molecule has 5 nitrogen and oxygen atoms in total. The molecule has 1 aromatic rings. The minimum atomic E-state index is -3.80. The van der Waals surface area contributed by atoms with Gasteiger partial charge in [0.05, 0.1) is 0 Å². The lowest BCUT2D eigenvalue weighted by molar-refractivity contribution is 0.490. The van der Waals surface area contributed by atoms with E-state index in [1.165, 1.54) is 4.57 Å². The van der Waals surface area contributed by atoms with Gasteiger partial charge in [-0.25, -0.2) is 8.42 Å². The van der Waals surface area contributed by atoms with Crippen molar-refractivity contribution in [2.45, 2.75) is 37.3 Å². The first-order valence-corrected chi connectivity index (χ1v) is 7.56. The van der Waals surface area contributed by atoms with Crippen LogP contribution in [0, 0.1) is 5.92 Å². The summed E-state index contributed by atoms with van der Waals surface area (Å²) in [6.45, 7) is 2.15. The third-order valence-corrected chi connectivity index (χ3v) is 4.49. The van der Waals surface area contributed by atoms with Gasteiger partial charge in [-0.15, -0.1) is 10.2 Å². The van der Waals surface area contributed by atoms with E-state index in [2.05, 4.69) is 17.1 Å². The zero-order valence-corrected chi connectivity index (χ0v) is 10.8. The molecule has 0 spiro atoms. The Balaban J connectivity index is 2.41. The molecule has 0 aromatic carbocycles. The second-order valence-electron chi connectivity index (χ2n) is 4.35. The van der Waals surface area contributed by atoms with Crippen molar-refractivity contribution in [3.8, 4) is 0 Å². The van der Waals surface area contributed by atoms with Gasteiger partial charge in [0.25, 0.3) is 14.2 Å². The molecule has 0 radical (unpaired) electrons. The van der Waals surface area contributed by atoms with E-state index in [0.29, 0.717) is 11.8 Å². The van der Waals surface area contributed by atoms with Gasteiger partial charge in [0.15, 0.2) is 0 Å². The topological polar surface area (TPSA) is 64.8 Å². The molecule has 16 heavy (non-hydrogen) atoms. The summed E-state index contributed by atoms with van der Waals surface area (Å²) in [7, 11) is 3.12. The monoisotopic (exact) mass is 263 g/mol. The molecule has 0 amide bonds. The van der Waals surface area contributed by atoms with E-state index in [4.69, 9.17) is 10.7 Å². The molecule has 1 fully saturated rings. The fraction of sp³-hybridized carbons (Fsp3) is 0.778. The molecule has 1 aromatic heterocycles. The summed E-state index contributed by atoms with van der Waals surface area (Å²) in [6.07, 6.45) is 3.34. The van der Waals surface area contributed by atoms with Crippen LogP contribution >= 0.6 is 10.7 Å². The molecule has 7 heteroatoms. The number of aromatic nitrogens is 3. The molecular weight excluding hydrogens is 250 g/mol. The number of halogens is 1. The molecule has 2 rings (SSSR count). The predicted octanol–water partition coefficient (Wildman–Crippen LogP) is 1.65. The third kappa shape index (κ3) is 1.96. The largest absolute Gasteiger partial charge is 0.304 e. The van der Waals surface area contributed by atoms with Crippen LogP contribution in [-0.2, 0) is 16.1 Å². The van der Waals surface area contributed by atoms with E-state index in [1.807, 2.05) is 0 Å². The van der Waals surface area contributed by atoms with Crippen LogP contribution in [0.25, 0.3) is 0 Å². The molecule has 0 N–H and O–H groups in total. The molecule has 2 unspecified atom stereocenters. The van der Waals surface area contributed by atoms with Gasteiger partial charge in [0.1, 0.15) is 5.82 Å². The van der Waals surface area contributed by atoms with E-state index < -0.39 is 9.05 Å². The predicted molar refractivity (Wildman–Crippen MR) is 59.8 cm³/mol. The van der Waals surface area contributed by atoms with Crippen LogP contribution in [0.4, 0.5) is 0 Å². The number of hydrogen-bond acceptors (Lipinski definition) is 4. The van der Waals surface area contributed by atoms with Crippen molar-refractivity contribution in [3.05, 3.63) is 5.82 Å². The van der Waals surface area contributed by atoms with Gasteiger partial charge >= 0.3 is 0 Å². The highest BCUT2D eigenvalue weighted by molar-refractivity contribution is 8.13. The Hall–Kier alpha value is -0.620. The Morgan fingerprint density at radius 3 is 2.50 bits per heavy atom. The normalized spacial score (nSPS) is 26.2. The van der Waals surface area contributed by atoms with E-state index in [9.17, 15) is 8.42 Å². The van der Waals surface area contributed by atoms with Crippen molar-refractivity contribution in [1.82, 2.24) is 14.8 Å². The van der Waals surface area contributed by atoms with Crippen LogP contribution in [0.15, 0.2) is 5.16 Å². The summed E-state index contributed by atoms with van der Waals surface area (Å²) in [5.74, 6) is 1.54. The maximum Gasteiger partial charge on any atom is 0.296 e. The van der Waals surface area contributed by atoms with Crippen LogP contribution in [0.1, 0.15) is 37.9 Å². The van der Waals surface area contributed by atoms with Gasteiger partial charge in [-0.1, -0.05) is 13.3 Å². The summed E-state index contributed by atoms with van der Waals surface area (Å²) in [4.78, 5) is 0.